The molecule has 0 aliphatic heterocycles. The molecule has 1 aromatic heterocycles. The third-order valence-electron chi connectivity index (χ3n) is 4.19. The van der Waals surface area contributed by atoms with Crippen LogP contribution in [-0.4, -0.2) is 29.6 Å². The fourth-order valence-electron chi connectivity index (χ4n) is 2.84. The fourth-order valence-corrected chi connectivity index (χ4v) is 2.84. The van der Waals surface area contributed by atoms with Crippen LogP contribution < -0.4 is 10.6 Å². The van der Waals surface area contributed by atoms with Gasteiger partial charge in [0.05, 0.1) is 12.7 Å². The fraction of sp³-hybridized carbons (Fsp3) is 0.227. The maximum atomic E-state index is 11.7. The molecule has 2 N–H and O–H groups in total. The lowest BCUT2D eigenvalue weighted by Crippen LogP contribution is -2.08. The van der Waals surface area contributed by atoms with Crippen LogP contribution in [0.3, 0.4) is 0 Å². The van der Waals surface area contributed by atoms with Gasteiger partial charge in [-0.1, -0.05) is 36.4 Å². The van der Waals surface area contributed by atoms with Crippen LogP contribution in [0.15, 0.2) is 60.7 Å². The number of benzene rings is 2. The van der Waals surface area contributed by atoms with Gasteiger partial charge >= 0.3 is 5.97 Å². The van der Waals surface area contributed by atoms with Crippen molar-refractivity contribution >= 4 is 23.4 Å². The summed E-state index contributed by atoms with van der Waals surface area (Å²) in [6.07, 6.45) is 2.03. The smallest absolute Gasteiger partial charge is 0.337 e. The molecule has 6 heteroatoms. The number of nitrogens with one attached hydrogen (secondary N) is 2. The Bertz CT molecular complexity index is 929. The summed E-state index contributed by atoms with van der Waals surface area (Å²) in [6, 6.07) is 19.4. The Kier molecular flexibility index (Phi) is 6.57. The van der Waals surface area contributed by atoms with Crippen LogP contribution in [0.2, 0.25) is 0 Å². The van der Waals surface area contributed by atoms with Crippen molar-refractivity contribution in [2.24, 2.45) is 0 Å². The Morgan fingerprint density at radius 1 is 1.04 bits per heavy atom. The summed E-state index contributed by atoms with van der Waals surface area (Å²) in [6.45, 7) is 2.75. The summed E-state index contributed by atoms with van der Waals surface area (Å²) >= 11 is 0. The van der Waals surface area contributed by atoms with E-state index in [1.807, 2.05) is 25.1 Å². The van der Waals surface area contributed by atoms with Crippen LogP contribution in [0.25, 0.3) is 0 Å². The van der Waals surface area contributed by atoms with Crippen LogP contribution >= 0.6 is 0 Å². The van der Waals surface area contributed by atoms with E-state index in [4.69, 9.17) is 4.74 Å². The first-order chi connectivity index (χ1) is 13.6. The third kappa shape index (κ3) is 5.54. The SMILES string of the molecule is COC(=O)c1cccc(Nc2nc(C)cc(NCCCc3ccccc3)n2)c1. The van der Waals surface area contributed by atoms with Crippen molar-refractivity contribution in [3.05, 3.63) is 77.5 Å². The molecule has 28 heavy (non-hydrogen) atoms. The Labute approximate surface area is 165 Å². The quantitative estimate of drug-likeness (QED) is 0.449. The second-order valence-electron chi connectivity index (χ2n) is 6.43. The average molecular weight is 376 g/mol. The number of carbonyl (C=O) groups is 1. The topological polar surface area (TPSA) is 76.1 Å². The number of methoxy groups -OCH3 is 1. The number of carbonyl (C=O) groups excluding carboxylic acids is 1. The van der Waals surface area contributed by atoms with Crippen LogP contribution in [0.4, 0.5) is 17.5 Å². The zero-order valence-corrected chi connectivity index (χ0v) is 16.1. The van der Waals surface area contributed by atoms with E-state index in [1.54, 1.807) is 18.2 Å². The van der Waals surface area contributed by atoms with Gasteiger partial charge in [-0.25, -0.2) is 9.78 Å². The van der Waals surface area contributed by atoms with Gasteiger partial charge in [0.15, 0.2) is 0 Å². The molecule has 0 fully saturated rings. The highest BCUT2D eigenvalue weighted by Gasteiger charge is 2.07. The second-order valence-corrected chi connectivity index (χ2v) is 6.43. The molecular weight excluding hydrogens is 352 g/mol. The number of rotatable bonds is 8. The minimum atomic E-state index is -0.380. The highest BCUT2D eigenvalue weighted by molar-refractivity contribution is 5.90. The molecule has 3 aromatic rings. The molecule has 0 aliphatic carbocycles. The first kappa shape index (κ1) is 19.4. The molecule has 0 aliphatic rings. The molecule has 2 aromatic carbocycles. The van der Waals surface area contributed by atoms with E-state index in [0.29, 0.717) is 11.5 Å². The number of anilines is 3. The van der Waals surface area contributed by atoms with Gasteiger partial charge in [-0.2, -0.15) is 4.98 Å². The predicted octanol–water partition coefficient (Wildman–Crippen LogP) is 4.36. The van der Waals surface area contributed by atoms with E-state index in [2.05, 4.69) is 44.9 Å². The van der Waals surface area contributed by atoms with Gasteiger partial charge in [0, 0.05) is 24.0 Å². The molecule has 0 saturated heterocycles. The summed E-state index contributed by atoms with van der Waals surface area (Å²) in [5.74, 6) is 0.870. The monoisotopic (exact) mass is 376 g/mol. The Morgan fingerprint density at radius 3 is 2.64 bits per heavy atom. The van der Waals surface area contributed by atoms with Gasteiger partial charge in [-0.15, -0.1) is 0 Å². The molecular formula is C22H24N4O2. The van der Waals surface area contributed by atoms with Crippen molar-refractivity contribution in [1.29, 1.82) is 0 Å². The van der Waals surface area contributed by atoms with Crippen molar-refractivity contribution in [3.8, 4) is 0 Å². The molecule has 0 radical (unpaired) electrons. The zero-order valence-electron chi connectivity index (χ0n) is 16.1. The maximum absolute atomic E-state index is 11.7. The van der Waals surface area contributed by atoms with Gasteiger partial charge in [-0.05, 0) is 43.5 Å². The Morgan fingerprint density at radius 2 is 1.86 bits per heavy atom. The van der Waals surface area contributed by atoms with Crippen LogP contribution in [0.5, 0.6) is 0 Å². The molecule has 0 unspecified atom stereocenters. The molecule has 0 bridgehead atoms. The minimum Gasteiger partial charge on any atom is -0.465 e. The van der Waals surface area contributed by atoms with E-state index >= 15 is 0 Å². The van der Waals surface area contributed by atoms with E-state index in [1.165, 1.54) is 12.7 Å². The summed E-state index contributed by atoms with van der Waals surface area (Å²) < 4.78 is 4.76. The molecule has 144 valence electrons. The van der Waals surface area contributed by atoms with Crippen molar-refractivity contribution in [1.82, 2.24) is 9.97 Å². The summed E-state index contributed by atoms with van der Waals surface area (Å²) in [5, 5.41) is 6.51. The van der Waals surface area contributed by atoms with Crippen LogP contribution in [0, 0.1) is 6.92 Å². The first-order valence-electron chi connectivity index (χ1n) is 9.23. The van der Waals surface area contributed by atoms with Crippen LogP contribution in [0.1, 0.15) is 28.0 Å². The van der Waals surface area contributed by atoms with Gasteiger partial charge in [-0.3, -0.25) is 0 Å². The van der Waals surface area contributed by atoms with Gasteiger partial charge in [0.2, 0.25) is 5.95 Å². The van der Waals surface area contributed by atoms with E-state index in [-0.39, 0.29) is 5.97 Å². The van der Waals surface area contributed by atoms with Crippen molar-refractivity contribution in [2.75, 3.05) is 24.3 Å². The summed E-state index contributed by atoms with van der Waals surface area (Å²) in [7, 11) is 1.36. The lowest BCUT2D eigenvalue weighted by atomic mass is 10.1. The zero-order chi connectivity index (χ0) is 19.8. The van der Waals surface area contributed by atoms with Gasteiger partial charge in [0.1, 0.15) is 5.82 Å². The van der Waals surface area contributed by atoms with E-state index < -0.39 is 0 Å². The van der Waals surface area contributed by atoms with Crippen molar-refractivity contribution in [3.63, 3.8) is 0 Å². The van der Waals surface area contributed by atoms with Gasteiger partial charge in [0.25, 0.3) is 0 Å². The lowest BCUT2D eigenvalue weighted by molar-refractivity contribution is 0.0601. The number of hydrogen-bond acceptors (Lipinski definition) is 6. The van der Waals surface area contributed by atoms with Crippen molar-refractivity contribution < 1.29 is 9.53 Å². The number of aryl methyl sites for hydroxylation is 2. The average Bonchev–Trinajstić information content (AvgIpc) is 2.71. The molecule has 0 spiro atoms. The number of nitrogens with zero attached hydrogens (tertiary/aromatic N) is 2. The van der Waals surface area contributed by atoms with Gasteiger partial charge < -0.3 is 15.4 Å². The summed E-state index contributed by atoms with van der Waals surface area (Å²) in [4.78, 5) is 20.6. The maximum Gasteiger partial charge on any atom is 0.337 e. The Balaban J connectivity index is 1.60. The lowest BCUT2D eigenvalue weighted by Gasteiger charge is -2.10. The molecule has 0 amide bonds. The molecule has 3 rings (SSSR count). The number of hydrogen-bond donors (Lipinski definition) is 2. The Hall–Kier alpha value is -3.41. The van der Waals surface area contributed by atoms with E-state index in [9.17, 15) is 4.79 Å². The molecule has 6 nitrogen and oxygen atoms in total. The number of esters is 1. The summed E-state index contributed by atoms with van der Waals surface area (Å²) in [5.41, 5.74) is 3.38. The van der Waals surface area contributed by atoms with E-state index in [0.717, 1.165) is 36.6 Å². The molecule has 0 saturated carbocycles. The second kappa shape index (κ2) is 9.50. The largest absolute Gasteiger partial charge is 0.465 e. The first-order valence-corrected chi connectivity index (χ1v) is 9.23. The van der Waals surface area contributed by atoms with Crippen LogP contribution in [-0.2, 0) is 11.2 Å². The predicted molar refractivity (Wildman–Crippen MR) is 111 cm³/mol. The molecule has 0 atom stereocenters. The normalized spacial score (nSPS) is 10.4. The highest BCUT2D eigenvalue weighted by atomic mass is 16.5. The number of ether oxygens (including phenoxy) is 1. The standard InChI is InChI=1S/C22H24N4O2/c1-16-14-20(23-13-7-10-17-8-4-3-5-9-17)26-22(24-16)25-19-12-6-11-18(15-19)21(27)28-2/h3-6,8-9,11-12,14-15H,7,10,13H2,1-2H3,(H2,23,24,25,26). The highest BCUT2D eigenvalue weighted by Crippen LogP contribution is 2.18. The van der Waals surface area contributed by atoms with Crippen molar-refractivity contribution in [2.45, 2.75) is 19.8 Å². The number of aromatic nitrogens is 2. The molecule has 1 heterocycles. The minimum absolute atomic E-state index is 0.380. The third-order valence-corrected chi connectivity index (χ3v) is 4.19.